The number of rotatable bonds is 3. The zero-order valence-electron chi connectivity index (χ0n) is 11.4. The van der Waals surface area contributed by atoms with Gasteiger partial charge in [0.1, 0.15) is 17.2 Å². The second-order valence-corrected chi connectivity index (χ2v) is 5.98. The molecule has 2 aliphatic heterocycles. The van der Waals surface area contributed by atoms with Crippen LogP contribution in [0.15, 0.2) is 16.8 Å². The number of hydrogen-bond donors (Lipinski definition) is 4. The third-order valence-electron chi connectivity index (χ3n) is 3.53. The zero-order valence-corrected chi connectivity index (χ0v) is 12.2. The molecule has 0 unspecified atom stereocenters. The van der Waals surface area contributed by atoms with Crippen LogP contribution in [0.2, 0.25) is 0 Å². The summed E-state index contributed by atoms with van der Waals surface area (Å²) in [7, 11) is 0. The lowest BCUT2D eigenvalue weighted by Crippen LogP contribution is -2.51. The van der Waals surface area contributed by atoms with Gasteiger partial charge < -0.3 is 16.0 Å². The Bertz CT molecular complexity index is 632. The third kappa shape index (κ3) is 2.12. The minimum absolute atomic E-state index is 0.391. The lowest BCUT2D eigenvalue weighted by atomic mass is 10.0. The highest BCUT2D eigenvalue weighted by Gasteiger charge is 2.30. The summed E-state index contributed by atoms with van der Waals surface area (Å²) in [5, 5.41) is 23.0. The lowest BCUT2D eigenvalue weighted by Gasteiger charge is -2.28. The van der Waals surface area contributed by atoms with Crippen LogP contribution in [0.4, 0.5) is 5.82 Å². The fraction of sp³-hybridized carbons (Fsp3) is 0.385. The first kappa shape index (κ1) is 13.3. The Hall–Kier alpha value is -1.73. The molecule has 0 amide bonds. The Kier molecular flexibility index (Phi) is 3.31. The molecule has 3 heterocycles. The number of anilines is 1. The summed E-state index contributed by atoms with van der Waals surface area (Å²) in [5.41, 5.74) is 2.80. The van der Waals surface area contributed by atoms with Crippen LogP contribution in [-0.4, -0.2) is 39.9 Å². The van der Waals surface area contributed by atoms with E-state index in [-0.39, 0.29) is 0 Å². The van der Waals surface area contributed by atoms with E-state index in [1.54, 1.807) is 6.92 Å². The highest BCUT2D eigenvalue weighted by atomic mass is 32.2. The van der Waals surface area contributed by atoms with Gasteiger partial charge in [0, 0.05) is 24.4 Å². The number of nitrogens with zero attached hydrogens (tertiary/aromatic N) is 2. The largest absolute Gasteiger partial charge is 0.364 e. The molecule has 0 spiro atoms. The number of fused-ring (bicyclic) bond motifs is 1. The molecule has 1 aromatic heterocycles. The average molecular weight is 288 g/mol. The van der Waals surface area contributed by atoms with E-state index >= 15 is 0 Å². The van der Waals surface area contributed by atoms with Crippen LogP contribution in [0.25, 0.3) is 5.57 Å². The SMILES string of the molecule is CC(=N)/C(C)=C1\C(=N)Sc2c(NC3CNC3)ncnc21. The van der Waals surface area contributed by atoms with Gasteiger partial charge in [-0.25, -0.2) is 9.97 Å². The number of hydrogen-bond acceptors (Lipinski definition) is 7. The van der Waals surface area contributed by atoms with Gasteiger partial charge in [-0.3, -0.25) is 5.41 Å². The van der Waals surface area contributed by atoms with E-state index in [2.05, 4.69) is 20.6 Å². The molecule has 1 aromatic rings. The molecule has 0 atom stereocenters. The van der Waals surface area contributed by atoms with Gasteiger partial charge in [0.15, 0.2) is 0 Å². The summed E-state index contributed by atoms with van der Waals surface area (Å²) < 4.78 is 0. The predicted octanol–water partition coefficient (Wildman–Crippen LogP) is 1.76. The molecule has 2 aliphatic rings. The zero-order chi connectivity index (χ0) is 14.3. The Morgan fingerprint density at radius 3 is 2.75 bits per heavy atom. The number of aromatic nitrogens is 2. The molecule has 1 fully saturated rings. The van der Waals surface area contributed by atoms with Crippen molar-refractivity contribution in [2.45, 2.75) is 24.8 Å². The van der Waals surface area contributed by atoms with Crippen LogP contribution >= 0.6 is 11.8 Å². The second kappa shape index (κ2) is 4.99. The maximum absolute atomic E-state index is 8.15. The van der Waals surface area contributed by atoms with Crippen molar-refractivity contribution in [3.05, 3.63) is 17.6 Å². The van der Waals surface area contributed by atoms with Crippen molar-refractivity contribution in [2.75, 3.05) is 18.4 Å². The van der Waals surface area contributed by atoms with Crippen LogP contribution < -0.4 is 10.6 Å². The maximum Gasteiger partial charge on any atom is 0.144 e. The highest BCUT2D eigenvalue weighted by Crippen LogP contribution is 2.44. The summed E-state index contributed by atoms with van der Waals surface area (Å²) >= 11 is 1.37. The van der Waals surface area contributed by atoms with Gasteiger partial charge in [-0.2, -0.15) is 0 Å². The highest BCUT2D eigenvalue weighted by molar-refractivity contribution is 8.15. The molecule has 3 rings (SSSR count). The fourth-order valence-corrected chi connectivity index (χ4v) is 3.15. The normalized spacial score (nSPS) is 20.4. The molecule has 104 valence electrons. The van der Waals surface area contributed by atoms with Gasteiger partial charge in [0.2, 0.25) is 0 Å². The fourth-order valence-electron chi connectivity index (χ4n) is 2.13. The van der Waals surface area contributed by atoms with Gasteiger partial charge in [-0.15, -0.1) is 0 Å². The average Bonchev–Trinajstić information content (AvgIpc) is 2.69. The first-order valence-electron chi connectivity index (χ1n) is 6.43. The molecule has 20 heavy (non-hydrogen) atoms. The molecule has 0 bridgehead atoms. The van der Waals surface area contributed by atoms with E-state index < -0.39 is 0 Å². The summed E-state index contributed by atoms with van der Waals surface area (Å²) in [5.74, 6) is 0.793. The van der Waals surface area contributed by atoms with E-state index in [9.17, 15) is 0 Å². The Balaban J connectivity index is 2.03. The monoisotopic (exact) mass is 288 g/mol. The standard InChI is InChI=1S/C13H16N6S/c1-6(7(2)14)9-10-11(20-12(9)15)13(18-5-17-10)19-8-3-16-4-8/h5,8,14-16H,3-4H2,1-2H3,(H,17,18,19)/b9-6-,14-7?,15-12?. The maximum atomic E-state index is 8.15. The first-order valence-corrected chi connectivity index (χ1v) is 7.25. The van der Waals surface area contributed by atoms with Crippen molar-refractivity contribution in [1.29, 1.82) is 10.8 Å². The number of nitrogens with one attached hydrogen (secondary N) is 4. The van der Waals surface area contributed by atoms with E-state index in [4.69, 9.17) is 10.8 Å². The van der Waals surface area contributed by atoms with Gasteiger partial charge in [0.05, 0.1) is 16.6 Å². The predicted molar refractivity (Wildman–Crippen MR) is 81.9 cm³/mol. The van der Waals surface area contributed by atoms with Crippen molar-refractivity contribution in [3.8, 4) is 0 Å². The van der Waals surface area contributed by atoms with Crippen LogP contribution in [0, 0.1) is 10.8 Å². The molecular weight excluding hydrogens is 272 g/mol. The topological polar surface area (TPSA) is 97.5 Å². The number of thioether (sulfide) groups is 1. The number of allylic oxidation sites excluding steroid dienone is 1. The molecule has 0 aromatic carbocycles. The molecule has 0 radical (unpaired) electrons. The third-order valence-corrected chi connectivity index (χ3v) is 4.53. The van der Waals surface area contributed by atoms with Crippen molar-refractivity contribution in [2.24, 2.45) is 0 Å². The lowest BCUT2D eigenvalue weighted by molar-refractivity contribution is 0.470. The van der Waals surface area contributed by atoms with Gasteiger partial charge in [-0.1, -0.05) is 11.8 Å². The van der Waals surface area contributed by atoms with Gasteiger partial charge in [0.25, 0.3) is 0 Å². The minimum Gasteiger partial charge on any atom is -0.364 e. The van der Waals surface area contributed by atoms with Gasteiger partial charge in [-0.05, 0) is 19.4 Å². The van der Waals surface area contributed by atoms with Crippen molar-refractivity contribution in [3.63, 3.8) is 0 Å². The Morgan fingerprint density at radius 2 is 2.15 bits per heavy atom. The van der Waals surface area contributed by atoms with Crippen molar-refractivity contribution < 1.29 is 0 Å². The van der Waals surface area contributed by atoms with Crippen molar-refractivity contribution >= 4 is 33.9 Å². The van der Waals surface area contributed by atoms with E-state index in [0.29, 0.717) is 16.8 Å². The van der Waals surface area contributed by atoms with Crippen LogP contribution in [-0.2, 0) is 0 Å². The Labute approximate surface area is 121 Å². The summed E-state index contributed by atoms with van der Waals surface area (Å²) in [6.07, 6.45) is 1.53. The minimum atomic E-state index is 0.391. The summed E-state index contributed by atoms with van der Waals surface area (Å²) in [6, 6.07) is 0.391. The van der Waals surface area contributed by atoms with Crippen molar-refractivity contribution in [1.82, 2.24) is 15.3 Å². The molecular formula is C13H16N6S. The molecule has 4 N–H and O–H groups in total. The van der Waals surface area contributed by atoms with Crippen LogP contribution in [0.5, 0.6) is 0 Å². The van der Waals surface area contributed by atoms with Gasteiger partial charge >= 0.3 is 0 Å². The molecule has 0 saturated carbocycles. The molecule has 7 heteroatoms. The van der Waals surface area contributed by atoms with Crippen LogP contribution in [0.3, 0.4) is 0 Å². The quantitative estimate of drug-likeness (QED) is 0.635. The molecule has 0 aliphatic carbocycles. The van der Waals surface area contributed by atoms with E-state index in [1.807, 2.05) is 6.92 Å². The second-order valence-electron chi connectivity index (χ2n) is 4.96. The smallest absolute Gasteiger partial charge is 0.144 e. The molecule has 1 saturated heterocycles. The van der Waals surface area contributed by atoms with E-state index in [1.165, 1.54) is 18.1 Å². The first-order chi connectivity index (χ1) is 9.58. The molecule has 6 nitrogen and oxygen atoms in total. The Morgan fingerprint density at radius 1 is 1.40 bits per heavy atom. The summed E-state index contributed by atoms with van der Waals surface area (Å²) in [6.45, 7) is 5.47. The van der Waals surface area contributed by atoms with Crippen LogP contribution in [0.1, 0.15) is 19.5 Å². The van der Waals surface area contributed by atoms with E-state index in [0.717, 1.165) is 40.6 Å². The summed E-state index contributed by atoms with van der Waals surface area (Å²) in [4.78, 5) is 9.53.